The van der Waals surface area contributed by atoms with E-state index in [2.05, 4.69) is 5.32 Å². The second kappa shape index (κ2) is 9.45. The van der Waals surface area contributed by atoms with Crippen molar-refractivity contribution in [2.24, 2.45) is 0 Å². The minimum atomic E-state index is -0.594. The van der Waals surface area contributed by atoms with Crippen molar-refractivity contribution in [3.8, 4) is 0 Å². The molecule has 0 aliphatic carbocycles. The predicted octanol–water partition coefficient (Wildman–Crippen LogP) is 4.83. The van der Waals surface area contributed by atoms with Crippen molar-refractivity contribution in [3.05, 3.63) is 69.7 Å². The minimum absolute atomic E-state index is 0.0836. The Morgan fingerprint density at radius 3 is 2.14 bits per heavy atom. The van der Waals surface area contributed by atoms with E-state index in [4.69, 9.17) is 11.6 Å². The van der Waals surface area contributed by atoms with Gasteiger partial charge >= 0.3 is 0 Å². The smallest absolute Gasteiger partial charge is 0.242 e. The molecule has 0 aliphatic heterocycles. The lowest BCUT2D eigenvalue weighted by molar-refractivity contribution is -0.140. The molecule has 2 aromatic carbocycles. The number of hydrogen-bond donors (Lipinski definition) is 1. The normalized spacial score (nSPS) is 12.4. The number of benzene rings is 2. The first-order valence-corrected chi connectivity index (χ1v) is 10.3. The molecule has 2 rings (SSSR count). The van der Waals surface area contributed by atoms with Crippen molar-refractivity contribution in [1.82, 2.24) is 10.2 Å². The van der Waals surface area contributed by atoms with Gasteiger partial charge in [-0.25, -0.2) is 0 Å². The molecule has 0 aliphatic rings. The van der Waals surface area contributed by atoms with Crippen LogP contribution in [0.15, 0.2) is 42.5 Å². The molecule has 0 unspecified atom stereocenters. The molecule has 4 nitrogen and oxygen atoms in total. The summed E-state index contributed by atoms with van der Waals surface area (Å²) in [4.78, 5) is 27.6. The Kier molecular flexibility index (Phi) is 7.48. The van der Waals surface area contributed by atoms with E-state index in [1.165, 1.54) is 5.56 Å². The van der Waals surface area contributed by atoms with E-state index in [0.29, 0.717) is 11.6 Å². The molecule has 29 heavy (non-hydrogen) atoms. The molecule has 5 heteroatoms. The summed E-state index contributed by atoms with van der Waals surface area (Å²) in [7, 11) is 0. The Labute approximate surface area is 179 Å². The van der Waals surface area contributed by atoms with Crippen LogP contribution >= 0.6 is 11.6 Å². The van der Waals surface area contributed by atoms with Crippen LogP contribution in [-0.2, 0) is 22.6 Å². The summed E-state index contributed by atoms with van der Waals surface area (Å²) in [5.74, 6) is -0.250. The molecule has 0 bridgehead atoms. The first-order valence-electron chi connectivity index (χ1n) is 9.88. The van der Waals surface area contributed by atoms with E-state index < -0.39 is 6.04 Å². The zero-order valence-electron chi connectivity index (χ0n) is 18.2. The largest absolute Gasteiger partial charge is 0.350 e. The van der Waals surface area contributed by atoms with E-state index in [-0.39, 0.29) is 23.8 Å². The molecule has 0 heterocycles. The van der Waals surface area contributed by atoms with Gasteiger partial charge in [-0.3, -0.25) is 9.59 Å². The molecule has 0 radical (unpaired) electrons. The zero-order chi connectivity index (χ0) is 21.8. The van der Waals surface area contributed by atoms with Crippen LogP contribution in [0, 0.1) is 13.8 Å². The quantitative estimate of drug-likeness (QED) is 0.735. The van der Waals surface area contributed by atoms with E-state index in [1.54, 1.807) is 24.0 Å². The number of amides is 2. The average Bonchev–Trinajstić information content (AvgIpc) is 2.62. The molecule has 1 N–H and O–H groups in total. The number of rotatable bonds is 6. The van der Waals surface area contributed by atoms with Crippen molar-refractivity contribution in [2.75, 3.05) is 0 Å². The van der Waals surface area contributed by atoms with Gasteiger partial charge in [-0.1, -0.05) is 41.9 Å². The van der Waals surface area contributed by atoms with E-state index >= 15 is 0 Å². The number of carbonyl (C=O) groups excluding carboxylic acids is 2. The fraction of sp³-hybridized carbons (Fsp3) is 0.417. The van der Waals surface area contributed by atoms with Gasteiger partial charge in [0.1, 0.15) is 6.04 Å². The van der Waals surface area contributed by atoms with Crippen LogP contribution in [0.25, 0.3) is 0 Å². The second-order valence-electron chi connectivity index (χ2n) is 8.66. The maximum absolute atomic E-state index is 13.2. The van der Waals surface area contributed by atoms with Crippen LogP contribution in [0.2, 0.25) is 5.02 Å². The van der Waals surface area contributed by atoms with Crippen LogP contribution in [-0.4, -0.2) is 28.3 Å². The Bertz CT molecular complexity index is 869. The van der Waals surface area contributed by atoms with E-state index in [9.17, 15) is 9.59 Å². The zero-order valence-corrected chi connectivity index (χ0v) is 18.9. The summed E-state index contributed by atoms with van der Waals surface area (Å²) in [5, 5.41) is 3.61. The summed E-state index contributed by atoms with van der Waals surface area (Å²) in [5.41, 5.74) is 3.85. The lowest BCUT2D eigenvalue weighted by Gasteiger charge is -2.31. The highest BCUT2D eigenvalue weighted by atomic mass is 35.5. The second-order valence-corrected chi connectivity index (χ2v) is 9.10. The Morgan fingerprint density at radius 2 is 1.59 bits per heavy atom. The van der Waals surface area contributed by atoms with Crippen LogP contribution in [0.4, 0.5) is 0 Å². The van der Waals surface area contributed by atoms with Gasteiger partial charge in [0.2, 0.25) is 11.8 Å². The monoisotopic (exact) mass is 414 g/mol. The van der Waals surface area contributed by atoms with E-state index in [1.807, 2.05) is 65.0 Å². The van der Waals surface area contributed by atoms with Gasteiger partial charge in [0.25, 0.3) is 0 Å². The first-order chi connectivity index (χ1) is 13.5. The average molecular weight is 415 g/mol. The molecular weight excluding hydrogens is 384 g/mol. The summed E-state index contributed by atoms with van der Waals surface area (Å²) in [6.45, 7) is 12.0. The highest BCUT2D eigenvalue weighted by Gasteiger charge is 2.28. The fourth-order valence-corrected chi connectivity index (χ4v) is 3.16. The molecule has 2 aromatic rings. The number of nitrogens with one attached hydrogen (secondary N) is 1. The number of carbonyl (C=O) groups is 2. The molecule has 0 saturated heterocycles. The number of halogens is 1. The van der Waals surface area contributed by atoms with Gasteiger partial charge in [0.05, 0.1) is 6.42 Å². The maximum atomic E-state index is 13.2. The van der Waals surface area contributed by atoms with Crippen molar-refractivity contribution in [2.45, 2.75) is 66.1 Å². The lowest BCUT2D eigenvalue weighted by Crippen LogP contribution is -2.52. The van der Waals surface area contributed by atoms with Crippen LogP contribution in [0.1, 0.15) is 49.9 Å². The minimum Gasteiger partial charge on any atom is -0.350 e. The van der Waals surface area contributed by atoms with Crippen molar-refractivity contribution < 1.29 is 9.59 Å². The third kappa shape index (κ3) is 6.90. The predicted molar refractivity (Wildman–Crippen MR) is 119 cm³/mol. The van der Waals surface area contributed by atoms with Crippen LogP contribution in [0.5, 0.6) is 0 Å². The van der Waals surface area contributed by atoms with Crippen LogP contribution < -0.4 is 5.32 Å². The van der Waals surface area contributed by atoms with Crippen molar-refractivity contribution in [1.29, 1.82) is 0 Å². The third-order valence-corrected chi connectivity index (χ3v) is 5.11. The van der Waals surface area contributed by atoms with Gasteiger partial charge in [-0.05, 0) is 75.9 Å². The van der Waals surface area contributed by atoms with Gasteiger partial charge in [0.15, 0.2) is 0 Å². The number of aryl methyl sites for hydroxylation is 2. The molecular formula is C24H31ClN2O2. The van der Waals surface area contributed by atoms with E-state index in [0.717, 1.165) is 16.7 Å². The summed E-state index contributed by atoms with van der Waals surface area (Å²) in [6, 6.07) is 12.8. The van der Waals surface area contributed by atoms with Gasteiger partial charge in [0, 0.05) is 17.1 Å². The highest BCUT2D eigenvalue weighted by molar-refractivity contribution is 6.30. The first kappa shape index (κ1) is 23.0. The Hall–Kier alpha value is -2.33. The number of hydrogen-bond acceptors (Lipinski definition) is 2. The molecule has 0 fully saturated rings. The van der Waals surface area contributed by atoms with Gasteiger partial charge < -0.3 is 10.2 Å². The van der Waals surface area contributed by atoms with Gasteiger partial charge in [-0.2, -0.15) is 0 Å². The maximum Gasteiger partial charge on any atom is 0.242 e. The Balaban J connectivity index is 2.26. The van der Waals surface area contributed by atoms with Gasteiger partial charge in [-0.15, -0.1) is 0 Å². The molecule has 0 aromatic heterocycles. The summed E-state index contributed by atoms with van der Waals surface area (Å²) < 4.78 is 0. The SMILES string of the molecule is Cc1ccc(CC(=O)N(Cc2ccc(Cl)cc2)[C@H](C)C(=O)NC(C)(C)C)cc1C. The standard InChI is InChI=1S/C24H31ClN2O2/c1-16-7-8-20(13-17(16)2)14-22(28)27(15-19-9-11-21(25)12-10-19)18(3)23(29)26-24(4,5)6/h7-13,18H,14-15H2,1-6H3,(H,26,29)/t18-/m1/s1. The van der Waals surface area contributed by atoms with Crippen LogP contribution in [0.3, 0.4) is 0 Å². The third-order valence-electron chi connectivity index (χ3n) is 4.86. The fourth-order valence-electron chi connectivity index (χ4n) is 3.03. The summed E-state index contributed by atoms with van der Waals surface area (Å²) in [6.07, 6.45) is 0.252. The molecule has 1 atom stereocenters. The summed E-state index contributed by atoms with van der Waals surface area (Å²) >= 11 is 5.99. The molecule has 0 saturated carbocycles. The molecule has 0 spiro atoms. The van der Waals surface area contributed by atoms with Crippen molar-refractivity contribution >= 4 is 23.4 Å². The molecule has 2 amide bonds. The molecule has 156 valence electrons. The van der Waals surface area contributed by atoms with Crippen molar-refractivity contribution in [3.63, 3.8) is 0 Å². The topological polar surface area (TPSA) is 49.4 Å². The Morgan fingerprint density at radius 1 is 1.00 bits per heavy atom. The number of nitrogens with zero attached hydrogens (tertiary/aromatic N) is 1. The lowest BCUT2D eigenvalue weighted by atomic mass is 10.0. The highest BCUT2D eigenvalue weighted by Crippen LogP contribution is 2.17.